The van der Waals surface area contributed by atoms with Gasteiger partial charge in [0, 0.05) is 30.7 Å². The Kier molecular flexibility index (Phi) is 4.53. The first kappa shape index (κ1) is 17.0. The van der Waals surface area contributed by atoms with Gasteiger partial charge in [-0.05, 0) is 42.5 Å². The van der Waals surface area contributed by atoms with Crippen molar-refractivity contribution in [3.05, 3.63) is 40.2 Å². The van der Waals surface area contributed by atoms with Crippen LogP contribution in [0.2, 0.25) is 0 Å². The number of sulfonamides is 1. The second-order valence-electron chi connectivity index (χ2n) is 6.29. The van der Waals surface area contributed by atoms with E-state index in [4.69, 9.17) is 4.74 Å². The quantitative estimate of drug-likeness (QED) is 0.819. The van der Waals surface area contributed by atoms with Crippen LogP contribution in [0, 0.1) is 0 Å². The molecule has 6 nitrogen and oxygen atoms in total. The Morgan fingerprint density at radius 3 is 2.72 bits per heavy atom. The topological polar surface area (TPSA) is 62.7 Å². The lowest BCUT2D eigenvalue weighted by molar-refractivity contribution is 0.0730. The summed E-state index contributed by atoms with van der Waals surface area (Å²) in [5, 5.41) is 2.14. The number of thiophene rings is 1. The summed E-state index contributed by atoms with van der Waals surface area (Å²) in [6, 6.07) is 5.92. The summed E-state index contributed by atoms with van der Waals surface area (Å²) in [5.41, 5.74) is 1.35. The number of anilines is 1. The lowest BCUT2D eigenvalue weighted by Crippen LogP contribution is -2.40. The van der Waals surface area contributed by atoms with Crippen LogP contribution in [0.3, 0.4) is 0 Å². The first-order chi connectivity index (χ1) is 12.1. The zero-order valence-corrected chi connectivity index (χ0v) is 15.7. The molecule has 0 saturated carbocycles. The number of aromatic nitrogens is 1. The normalized spacial score (nSPS) is 22.0. The number of nitrogens with zero attached hydrogens (tertiary/aromatic N) is 3. The van der Waals surface area contributed by atoms with Gasteiger partial charge in [-0.3, -0.25) is 0 Å². The molecule has 0 radical (unpaired) electrons. The molecule has 0 aliphatic carbocycles. The Morgan fingerprint density at radius 2 is 2.00 bits per heavy atom. The number of hydrogen-bond acceptors (Lipinski definition) is 6. The number of rotatable bonds is 3. The highest BCUT2D eigenvalue weighted by Crippen LogP contribution is 2.35. The molecule has 0 aromatic carbocycles. The second-order valence-corrected chi connectivity index (χ2v) is 9.23. The monoisotopic (exact) mass is 379 g/mol. The summed E-state index contributed by atoms with van der Waals surface area (Å²) in [6.45, 7) is 4.75. The minimum absolute atomic E-state index is 0.249. The van der Waals surface area contributed by atoms with Gasteiger partial charge in [0.1, 0.15) is 10.7 Å². The van der Waals surface area contributed by atoms with Gasteiger partial charge in [0.05, 0.1) is 19.3 Å². The molecule has 1 unspecified atom stereocenters. The van der Waals surface area contributed by atoms with Gasteiger partial charge in [0.15, 0.2) is 0 Å². The van der Waals surface area contributed by atoms with Gasteiger partial charge in [0.2, 0.25) is 10.0 Å². The number of hydrogen-bond donors (Lipinski definition) is 0. The third kappa shape index (κ3) is 3.08. The van der Waals surface area contributed by atoms with Gasteiger partial charge in [-0.25, -0.2) is 13.4 Å². The highest BCUT2D eigenvalue weighted by Gasteiger charge is 2.28. The van der Waals surface area contributed by atoms with E-state index >= 15 is 0 Å². The first-order valence-corrected chi connectivity index (χ1v) is 10.8. The molecule has 1 saturated heterocycles. The van der Waals surface area contributed by atoms with Gasteiger partial charge < -0.3 is 9.64 Å². The van der Waals surface area contributed by atoms with Gasteiger partial charge in [-0.1, -0.05) is 0 Å². The highest BCUT2D eigenvalue weighted by molar-refractivity contribution is 7.89. The van der Waals surface area contributed by atoms with Gasteiger partial charge >= 0.3 is 0 Å². The van der Waals surface area contributed by atoms with E-state index in [1.54, 1.807) is 17.4 Å². The van der Waals surface area contributed by atoms with E-state index in [9.17, 15) is 8.42 Å². The fraction of sp³-hybridized carbons (Fsp3) is 0.471. The maximum absolute atomic E-state index is 12.7. The second kappa shape index (κ2) is 6.68. The zero-order chi connectivity index (χ0) is 17.4. The van der Waals surface area contributed by atoms with Crippen molar-refractivity contribution in [3.8, 4) is 0 Å². The molecule has 0 spiro atoms. The molecule has 8 heteroatoms. The predicted molar refractivity (Wildman–Crippen MR) is 97.6 cm³/mol. The van der Waals surface area contributed by atoms with Crippen molar-refractivity contribution < 1.29 is 13.2 Å². The van der Waals surface area contributed by atoms with E-state index in [-0.39, 0.29) is 10.9 Å². The average molecular weight is 380 g/mol. The van der Waals surface area contributed by atoms with Crippen molar-refractivity contribution in [1.82, 2.24) is 9.29 Å². The number of morpholine rings is 1. The third-order valence-corrected chi connectivity index (χ3v) is 7.78. The molecule has 4 rings (SSSR count). The molecule has 2 aliphatic heterocycles. The van der Waals surface area contributed by atoms with Crippen LogP contribution in [0.5, 0.6) is 0 Å². The summed E-state index contributed by atoms with van der Waals surface area (Å²) in [7, 11) is -3.49. The van der Waals surface area contributed by atoms with E-state index in [1.165, 1.54) is 20.9 Å². The van der Waals surface area contributed by atoms with Crippen LogP contribution >= 0.6 is 11.3 Å². The Balaban J connectivity index is 1.56. The van der Waals surface area contributed by atoms with Crippen molar-refractivity contribution in [1.29, 1.82) is 0 Å². The van der Waals surface area contributed by atoms with Crippen molar-refractivity contribution in [2.75, 3.05) is 37.7 Å². The molecule has 1 fully saturated rings. The lowest BCUT2D eigenvalue weighted by Gasteiger charge is -2.34. The SMILES string of the molecule is CC1c2ccsc2CCN1c1ccc(S(=O)(=O)N2CCOCC2)cn1. The van der Waals surface area contributed by atoms with Gasteiger partial charge in [-0.15, -0.1) is 11.3 Å². The summed E-state index contributed by atoms with van der Waals surface area (Å²) in [5.74, 6) is 0.824. The van der Waals surface area contributed by atoms with E-state index in [0.717, 1.165) is 18.8 Å². The maximum Gasteiger partial charge on any atom is 0.244 e. The van der Waals surface area contributed by atoms with Crippen molar-refractivity contribution in [3.63, 3.8) is 0 Å². The smallest absolute Gasteiger partial charge is 0.244 e. The standard InChI is InChI=1S/C17H21N3O3S2/c1-13-15-5-11-24-16(15)4-6-20(13)17-3-2-14(12-18-17)25(21,22)19-7-9-23-10-8-19/h2-3,5,11-13H,4,6-10H2,1H3. The largest absolute Gasteiger partial charge is 0.379 e. The van der Waals surface area contributed by atoms with Crippen LogP contribution in [0.1, 0.15) is 23.4 Å². The average Bonchev–Trinajstić information content (AvgIpc) is 3.13. The maximum atomic E-state index is 12.7. The number of ether oxygens (including phenoxy) is 1. The molecular formula is C17H21N3O3S2. The fourth-order valence-electron chi connectivity index (χ4n) is 3.45. The summed E-state index contributed by atoms with van der Waals surface area (Å²) in [4.78, 5) is 8.39. The third-order valence-electron chi connectivity index (χ3n) is 4.90. The molecule has 0 bridgehead atoms. The van der Waals surface area contributed by atoms with Crippen molar-refractivity contribution in [2.45, 2.75) is 24.3 Å². The van der Waals surface area contributed by atoms with Crippen LogP contribution in [-0.2, 0) is 21.2 Å². The lowest BCUT2D eigenvalue weighted by atomic mass is 10.0. The molecule has 0 amide bonds. The predicted octanol–water partition coefficient (Wildman–Crippen LogP) is 2.29. The van der Waals surface area contributed by atoms with E-state index in [2.05, 4.69) is 28.3 Å². The Bertz CT molecular complexity index is 842. The van der Waals surface area contributed by atoms with Crippen LogP contribution < -0.4 is 4.90 Å². The fourth-order valence-corrected chi connectivity index (χ4v) is 5.77. The Hall–Kier alpha value is -1.48. The minimum Gasteiger partial charge on any atom is -0.379 e. The molecule has 4 heterocycles. The van der Waals surface area contributed by atoms with Crippen LogP contribution in [0.25, 0.3) is 0 Å². The molecular weight excluding hydrogens is 358 g/mol. The summed E-state index contributed by atoms with van der Waals surface area (Å²) < 4.78 is 32.1. The van der Waals surface area contributed by atoms with Crippen LogP contribution in [0.4, 0.5) is 5.82 Å². The van der Waals surface area contributed by atoms with E-state index in [0.29, 0.717) is 26.3 Å². The molecule has 2 aliphatic rings. The van der Waals surface area contributed by atoms with Crippen LogP contribution in [-0.4, -0.2) is 50.6 Å². The zero-order valence-electron chi connectivity index (χ0n) is 14.1. The summed E-state index contributed by atoms with van der Waals surface area (Å²) >= 11 is 1.81. The molecule has 25 heavy (non-hydrogen) atoms. The number of pyridine rings is 1. The van der Waals surface area contributed by atoms with Gasteiger partial charge in [-0.2, -0.15) is 4.31 Å². The van der Waals surface area contributed by atoms with E-state index in [1.807, 2.05) is 6.07 Å². The van der Waals surface area contributed by atoms with Crippen molar-refractivity contribution >= 4 is 27.2 Å². The van der Waals surface area contributed by atoms with Gasteiger partial charge in [0.25, 0.3) is 0 Å². The van der Waals surface area contributed by atoms with Crippen molar-refractivity contribution in [2.24, 2.45) is 0 Å². The molecule has 2 aromatic heterocycles. The molecule has 0 N–H and O–H groups in total. The number of fused-ring (bicyclic) bond motifs is 1. The molecule has 1 atom stereocenters. The van der Waals surface area contributed by atoms with E-state index < -0.39 is 10.0 Å². The Morgan fingerprint density at radius 1 is 1.20 bits per heavy atom. The van der Waals surface area contributed by atoms with Crippen LogP contribution in [0.15, 0.2) is 34.7 Å². The Labute approximate surface area is 152 Å². The molecule has 134 valence electrons. The summed E-state index contributed by atoms with van der Waals surface area (Å²) in [6.07, 6.45) is 2.49. The minimum atomic E-state index is -3.49. The molecule has 2 aromatic rings. The first-order valence-electron chi connectivity index (χ1n) is 8.44. The highest BCUT2D eigenvalue weighted by atomic mass is 32.2.